The fourth-order valence-corrected chi connectivity index (χ4v) is 4.38. The van der Waals surface area contributed by atoms with Gasteiger partial charge in [-0.25, -0.2) is 0 Å². The number of amides is 1. The van der Waals surface area contributed by atoms with Crippen LogP contribution in [0.2, 0.25) is 0 Å². The quantitative estimate of drug-likeness (QED) is 0.735. The zero-order valence-electron chi connectivity index (χ0n) is 11.3. The maximum Gasteiger partial charge on any atom is 0.263 e. The Morgan fingerprint density at radius 1 is 1.63 bits per heavy atom. The summed E-state index contributed by atoms with van der Waals surface area (Å²) in [5, 5.41) is 13.7. The number of nitrogens with one attached hydrogen (secondary N) is 1. The highest BCUT2D eigenvalue weighted by molar-refractivity contribution is 7.99. The minimum atomic E-state index is -0.665. The summed E-state index contributed by atoms with van der Waals surface area (Å²) in [6.45, 7) is 3.20. The first-order valence-electron chi connectivity index (χ1n) is 6.05. The number of hydrogen-bond acceptors (Lipinski definition) is 6. The molecule has 106 valence electrons. The molecule has 7 heteroatoms. The molecule has 2 rings (SSSR count). The summed E-state index contributed by atoms with van der Waals surface area (Å²) in [6.07, 6.45) is 2.68. The Kier molecular flexibility index (Phi) is 3.98. The van der Waals surface area contributed by atoms with Crippen LogP contribution < -0.4 is 16.0 Å². The maximum atomic E-state index is 11.8. The fraction of sp³-hybridized carbons (Fsp3) is 0.583. The van der Waals surface area contributed by atoms with Gasteiger partial charge in [-0.15, -0.1) is 23.1 Å². The number of β-amino-alcohol motifs (C(OH)–C–C–N with tert-alkyl or cyclic N) is 1. The second-order valence-corrected chi connectivity index (χ2v) is 6.75. The van der Waals surface area contributed by atoms with Crippen LogP contribution in [0.25, 0.3) is 0 Å². The number of hydrogen-bond donors (Lipinski definition) is 3. The summed E-state index contributed by atoms with van der Waals surface area (Å²) < 4.78 is 0. The van der Waals surface area contributed by atoms with E-state index in [4.69, 9.17) is 5.73 Å². The van der Waals surface area contributed by atoms with E-state index in [1.165, 1.54) is 23.1 Å². The number of nitrogens with zero attached hydrogens (tertiary/aromatic N) is 1. The van der Waals surface area contributed by atoms with Crippen molar-refractivity contribution >= 4 is 39.7 Å². The van der Waals surface area contributed by atoms with Crippen LogP contribution in [0.15, 0.2) is 4.90 Å². The number of thiophene rings is 1. The molecule has 4 N–H and O–H groups in total. The van der Waals surface area contributed by atoms with Gasteiger partial charge in [0.25, 0.3) is 5.91 Å². The topological polar surface area (TPSA) is 78.6 Å². The van der Waals surface area contributed by atoms with Gasteiger partial charge in [0.15, 0.2) is 0 Å². The molecule has 19 heavy (non-hydrogen) atoms. The molecule has 1 aliphatic heterocycles. The number of thioether (sulfide) groups is 1. The average Bonchev–Trinajstić information content (AvgIpc) is 2.88. The Bertz CT molecular complexity index is 499. The van der Waals surface area contributed by atoms with Crippen molar-refractivity contribution in [2.24, 2.45) is 0 Å². The lowest BCUT2D eigenvalue weighted by Crippen LogP contribution is -2.29. The largest absolute Gasteiger partial charge is 0.396 e. The van der Waals surface area contributed by atoms with Gasteiger partial charge in [0.2, 0.25) is 0 Å². The second-order valence-electron chi connectivity index (χ2n) is 4.93. The highest BCUT2D eigenvalue weighted by Gasteiger charge is 2.34. The van der Waals surface area contributed by atoms with E-state index in [2.05, 4.69) is 10.2 Å². The average molecular weight is 301 g/mol. The predicted molar refractivity (Wildman–Crippen MR) is 81.4 cm³/mol. The summed E-state index contributed by atoms with van der Waals surface area (Å²) in [5.74, 6) is -0.157. The van der Waals surface area contributed by atoms with Crippen LogP contribution in [0.5, 0.6) is 0 Å². The van der Waals surface area contributed by atoms with Gasteiger partial charge in [-0.2, -0.15) is 0 Å². The predicted octanol–water partition coefficient (Wildman–Crippen LogP) is 1.37. The van der Waals surface area contributed by atoms with Crippen LogP contribution in [-0.4, -0.2) is 43.0 Å². The van der Waals surface area contributed by atoms with Crippen LogP contribution in [-0.2, 0) is 0 Å². The molecule has 0 radical (unpaired) electrons. The molecule has 1 aliphatic rings. The lowest BCUT2D eigenvalue weighted by molar-refractivity contribution is 0.0839. The molecule has 0 spiro atoms. The molecule has 0 bridgehead atoms. The number of nitrogens with two attached hydrogens (primary N) is 1. The van der Waals surface area contributed by atoms with Crippen molar-refractivity contribution in [3.05, 3.63) is 4.88 Å². The van der Waals surface area contributed by atoms with Gasteiger partial charge in [0.05, 0.1) is 16.2 Å². The van der Waals surface area contributed by atoms with Crippen LogP contribution >= 0.6 is 23.1 Å². The number of carbonyl (C=O) groups excluding carboxylic acids is 1. The molecule has 0 aliphatic carbocycles. The zero-order chi connectivity index (χ0) is 14.2. The van der Waals surface area contributed by atoms with E-state index in [0.717, 1.165) is 22.9 Å². The van der Waals surface area contributed by atoms with Gasteiger partial charge in [0.1, 0.15) is 9.88 Å². The van der Waals surface area contributed by atoms with Gasteiger partial charge < -0.3 is 21.1 Å². The minimum Gasteiger partial charge on any atom is -0.396 e. The van der Waals surface area contributed by atoms with E-state index in [1.54, 1.807) is 7.05 Å². The van der Waals surface area contributed by atoms with E-state index in [-0.39, 0.29) is 5.91 Å². The third kappa shape index (κ3) is 2.68. The number of aliphatic hydroxyl groups is 1. The van der Waals surface area contributed by atoms with Crippen LogP contribution in [0, 0.1) is 0 Å². The Hall–Kier alpha value is -0.920. The second kappa shape index (κ2) is 5.22. The van der Waals surface area contributed by atoms with Crippen LogP contribution in [0.1, 0.15) is 23.0 Å². The third-order valence-corrected chi connectivity index (χ3v) is 5.47. The summed E-state index contributed by atoms with van der Waals surface area (Å²) in [5.41, 5.74) is 5.94. The Morgan fingerprint density at radius 2 is 2.32 bits per heavy atom. The van der Waals surface area contributed by atoms with Gasteiger partial charge >= 0.3 is 0 Å². The molecule has 1 unspecified atom stereocenters. The van der Waals surface area contributed by atoms with Crippen molar-refractivity contribution in [3.8, 4) is 0 Å². The third-order valence-electron chi connectivity index (χ3n) is 3.26. The fourth-order valence-electron chi connectivity index (χ4n) is 2.22. The van der Waals surface area contributed by atoms with Crippen molar-refractivity contribution in [2.75, 3.05) is 37.0 Å². The molecule has 1 atom stereocenters. The molecule has 1 saturated heterocycles. The standard InChI is InChI=1S/C12H19N3O2S2/c1-12(17)4-5-15(6-12)11-9(18-3)7(13)8(19-11)10(16)14-2/h17H,4-6,13H2,1-3H3,(H,14,16). The maximum absolute atomic E-state index is 11.8. The van der Waals surface area contributed by atoms with Crippen molar-refractivity contribution < 1.29 is 9.90 Å². The first kappa shape index (κ1) is 14.5. The zero-order valence-corrected chi connectivity index (χ0v) is 13.0. The summed E-state index contributed by atoms with van der Waals surface area (Å²) in [7, 11) is 1.60. The molecule has 0 saturated carbocycles. The lowest BCUT2D eigenvalue weighted by Gasteiger charge is -2.20. The molecule has 2 heterocycles. The molecule has 0 aromatic carbocycles. The summed E-state index contributed by atoms with van der Waals surface area (Å²) in [6, 6.07) is 0. The highest BCUT2D eigenvalue weighted by Crippen LogP contribution is 2.45. The molecule has 1 amide bonds. The lowest BCUT2D eigenvalue weighted by atomic mass is 10.1. The van der Waals surface area contributed by atoms with Gasteiger partial charge in [-0.05, 0) is 19.6 Å². The van der Waals surface area contributed by atoms with Gasteiger partial charge in [0, 0.05) is 20.1 Å². The van der Waals surface area contributed by atoms with E-state index in [1.807, 2.05) is 13.2 Å². The first-order valence-corrected chi connectivity index (χ1v) is 8.09. The number of rotatable bonds is 3. The summed E-state index contributed by atoms with van der Waals surface area (Å²) >= 11 is 2.94. The molecular weight excluding hydrogens is 282 g/mol. The molecule has 1 aromatic rings. The smallest absolute Gasteiger partial charge is 0.263 e. The Balaban J connectivity index is 2.38. The summed E-state index contributed by atoms with van der Waals surface area (Å²) in [4.78, 5) is 15.4. The molecule has 1 fully saturated rings. The monoisotopic (exact) mass is 301 g/mol. The van der Waals surface area contributed by atoms with Crippen molar-refractivity contribution in [1.29, 1.82) is 0 Å². The molecule has 1 aromatic heterocycles. The minimum absolute atomic E-state index is 0.157. The van der Waals surface area contributed by atoms with Gasteiger partial charge in [-0.1, -0.05) is 0 Å². The van der Waals surface area contributed by atoms with Crippen LogP contribution in [0.3, 0.4) is 0 Å². The number of anilines is 2. The van der Waals surface area contributed by atoms with E-state index in [0.29, 0.717) is 17.1 Å². The molecular formula is C12H19N3O2S2. The SMILES string of the molecule is CNC(=O)c1sc(N2CCC(C)(O)C2)c(SC)c1N. The van der Waals surface area contributed by atoms with E-state index < -0.39 is 5.60 Å². The normalized spacial score (nSPS) is 22.8. The number of nitrogen functional groups attached to an aromatic ring is 1. The van der Waals surface area contributed by atoms with Crippen molar-refractivity contribution in [2.45, 2.75) is 23.8 Å². The first-order chi connectivity index (χ1) is 8.89. The van der Waals surface area contributed by atoms with Gasteiger partial charge in [-0.3, -0.25) is 4.79 Å². The van der Waals surface area contributed by atoms with E-state index in [9.17, 15) is 9.90 Å². The van der Waals surface area contributed by atoms with E-state index >= 15 is 0 Å². The van der Waals surface area contributed by atoms with Crippen LogP contribution in [0.4, 0.5) is 10.7 Å². The van der Waals surface area contributed by atoms with Crippen molar-refractivity contribution in [1.82, 2.24) is 5.32 Å². The number of carbonyl (C=O) groups is 1. The van der Waals surface area contributed by atoms with Crippen molar-refractivity contribution in [3.63, 3.8) is 0 Å². The Morgan fingerprint density at radius 3 is 2.79 bits per heavy atom. The molecule has 5 nitrogen and oxygen atoms in total. The highest BCUT2D eigenvalue weighted by atomic mass is 32.2. The Labute approximate surface area is 121 Å².